The predicted molar refractivity (Wildman–Crippen MR) is 73.1 cm³/mol. The minimum Gasteiger partial charge on any atom is -0.497 e. The van der Waals surface area contributed by atoms with Crippen LogP contribution < -0.4 is 10.5 Å². The van der Waals surface area contributed by atoms with Crippen LogP contribution in [-0.4, -0.2) is 23.9 Å². The molecule has 2 aromatic rings. The maximum atomic E-state index is 5.48. The average molecular weight is 263 g/mol. The monoisotopic (exact) mass is 263 g/mol. The van der Waals surface area contributed by atoms with Gasteiger partial charge >= 0.3 is 0 Å². The van der Waals surface area contributed by atoms with Crippen LogP contribution in [-0.2, 0) is 12.8 Å². The van der Waals surface area contributed by atoms with E-state index in [0.717, 1.165) is 35.0 Å². The number of ether oxygens (including phenoxy) is 1. The van der Waals surface area contributed by atoms with Crippen LogP contribution in [0.5, 0.6) is 5.75 Å². The highest BCUT2D eigenvalue weighted by Crippen LogP contribution is 2.18. The van der Waals surface area contributed by atoms with Crippen molar-refractivity contribution in [1.82, 2.24) is 10.2 Å². The Hall–Kier alpha value is -1.46. The van der Waals surface area contributed by atoms with E-state index < -0.39 is 0 Å². The fraction of sp³-hybridized carbons (Fsp3) is 0.385. The number of benzene rings is 1. The first-order valence-corrected chi connectivity index (χ1v) is 6.77. The van der Waals surface area contributed by atoms with Gasteiger partial charge < -0.3 is 10.5 Å². The van der Waals surface area contributed by atoms with Crippen molar-refractivity contribution in [3.8, 4) is 5.75 Å². The molecule has 1 heterocycles. The van der Waals surface area contributed by atoms with E-state index >= 15 is 0 Å². The highest BCUT2D eigenvalue weighted by molar-refractivity contribution is 7.11. The third-order valence-electron chi connectivity index (χ3n) is 2.62. The average Bonchev–Trinajstić information content (AvgIpc) is 2.85. The standard InChI is InChI=1S/C13H17N3OS/c1-17-11-6-4-10(5-7-11)9-13-16-15-12(18-13)3-2-8-14/h4-7H,2-3,8-9,14H2,1H3. The Morgan fingerprint density at radius 1 is 1.17 bits per heavy atom. The van der Waals surface area contributed by atoms with Crippen LogP contribution in [0.4, 0.5) is 0 Å². The van der Waals surface area contributed by atoms with Crippen molar-refractivity contribution in [1.29, 1.82) is 0 Å². The lowest BCUT2D eigenvalue weighted by Crippen LogP contribution is -1.99. The molecular weight excluding hydrogens is 246 g/mol. The van der Waals surface area contributed by atoms with Crippen LogP contribution in [0.2, 0.25) is 0 Å². The molecule has 0 unspecified atom stereocenters. The highest BCUT2D eigenvalue weighted by Gasteiger charge is 2.05. The summed E-state index contributed by atoms with van der Waals surface area (Å²) in [7, 11) is 1.67. The van der Waals surface area contributed by atoms with Crippen LogP contribution in [0, 0.1) is 0 Å². The second kappa shape index (κ2) is 6.47. The van der Waals surface area contributed by atoms with Gasteiger partial charge in [-0.15, -0.1) is 21.5 Å². The van der Waals surface area contributed by atoms with Gasteiger partial charge in [0.1, 0.15) is 15.8 Å². The fourth-order valence-electron chi connectivity index (χ4n) is 1.63. The molecule has 0 saturated heterocycles. The lowest BCUT2D eigenvalue weighted by molar-refractivity contribution is 0.414. The van der Waals surface area contributed by atoms with Gasteiger partial charge in [-0.25, -0.2) is 0 Å². The molecule has 1 aromatic heterocycles. The van der Waals surface area contributed by atoms with E-state index in [0.29, 0.717) is 6.54 Å². The molecular formula is C13H17N3OS. The molecule has 5 heteroatoms. The molecule has 2 rings (SSSR count). The van der Waals surface area contributed by atoms with Gasteiger partial charge in [-0.3, -0.25) is 0 Å². The first-order chi connectivity index (χ1) is 8.81. The largest absolute Gasteiger partial charge is 0.497 e. The van der Waals surface area contributed by atoms with Gasteiger partial charge in [0.05, 0.1) is 7.11 Å². The zero-order valence-corrected chi connectivity index (χ0v) is 11.2. The number of rotatable bonds is 6. The van der Waals surface area contributed by atoms with E-state index in [1.807, 2.05) is 12.1 Å². The minimum atomic E-state index is 0.702. The van der Waals surface area contributed by atoms with Crippen LogP contribution in [0.1, 0.15) is 22.0 Å². The Bertz CT molecular complexity index is 481. The zero-order chi connectivity index (χ0) is 12.8. The zero-order valence-electron chi connectivity index (χ0n) is 10.4. The smallest absolute Gasteiger partial charge is 0.121 e. The Kier molecular flexibility index (Phi) is 4.66. The molecule has 0 radical (unpaired) electrons. The lowest BCUT2D eigenvalue weighted by Gasteiger charge is -2.00. The number of methoxy groups -OCH3 is 1. The predicted octanol–water partition coefficient (Wildman–Crippen LogP) is 2.03. The van der Waals surface area contributed by atoms with Crippen molar-refractivity contribution in [3.05, 3.63) is 39.8 Å². The molecule has 2 N–H and O–H groups in total. The number of nitrogens with two attached hydrogens (primary N) is 1. The van der Waals surface area contributed by atoms with Crippen molar-refractivity contribution in [2.75, 3.05) is 13.7 Å². The quantitative estimate of drug-likeness (QED) is 0.866. The Morgan fingerprint density at radius 3 is 2.56 bits per heavy atom. The van der Waals surface area contributed by atoms with Gasteiger partial charge in [0.25, 0.3) is 0 Å². The summed E-state index contributed by atoms with van der Waals surface area (Å²) in [5, 5.41) is 10.5. The van der Waals surface area contributed by atoms with Crippen LogP contribution >= 0.6 is 11.3 Å². The topological polar surface area (TPSA) is 61.0 Å². The summed E-state index contributed by atoms with van der Waals surface area (Å²) in [4.78, 5) is 0. The number of aromatic nitrogens is 2. The molecule has 0 bridgehead atoms. The molecule has 0 aliphatic rings. The highest BCUT2D eigenvalue weighted by atomic mass is 32.1. The van der Waals surface area contributed by atoms with Crippen molar-refractivity contribution in [2.45, 2.75) is 19.3 Å². The normalized spacial score (nSPS) is 10.6. The first kappa shape index (κ1) is 13.0. The molecule has 1 aromatic carbocycles. The van der Waals surface area contributed by atoms with Crippen molar-refractivity contribution < 1.29 is 4.74 Å². The molecule has 0 spiro atoms. The summed E-state index contributed by atoms with van der Waals surface area (Å²) in [5.74, 6) is 0.875. The van der Waals surface area contributed by atoms with E-state index in [1.54, 1.807) is 18.4 Å². The second-order valence-electron chi connectivity index (χ2n) is 4.01. The number of nitrogens with zero attached hydrogens (tertiary/aromatic N) is 2. The van der Waals surface area contributed by atoms with Gasteiger partial charge in [0.15, 0.2) is 0 Å². The Balaban J connectivity index is 1.97. The van der Waals surface area contributed by atoms with Crippen LogP contribution in [0.25, 0.3) is 0 Å². The number of aryl methyl sites for hydroxylation is 1. The van der Waals surface area contributed by atoms with E-state index in [2.05, 4.69) is 22.3 Å². The third-order valence-corrected chi connectivity index (χ3v) is 3.60. The molecule has 0 amide bonds. The maximum absolute atomic E-state index is 5.48. The Morgan fingerprint density at radius 2 is 1.89 bits per heavy atom. The minimum absolute atomic E-state index is 0.702. The maximum Gasteiger partial charge on any atom is 0.121 e. The van der Waals surface area contributed by atoms with E-state index in [4.69, 9.17) is 10.5 Å². The summed E-state index contributed by atoms with van der Waals surface area (Å²) in [6.07, 6.45) is 2.72. The van der Waals surface area contributed by atoms with Gasteiger partial charge in [-0.05, 0) is 30.7 Å². The van der Waals surface area contributed by atoms with Crippen molar-refractivity contribution in [3.63, 3.8) is 0 Å². The van der Waals surface area contributed by atoms with Crippen LogP contribution in [0.15, 0.2) is 24.3 Å². The van der Waals surface area contributed by atoms with Crippen molar-refractivity contribution >= 4 is 11.3 Å². The second-order valence-corrected chi connectivity index (χ2v) is 5.15. The number of hydrogen-bond acceptors (Lipinski definition) is 5. The molecule has 18 heavy (non-hydrogen) atoms. The molecule has 0 fully saturated rings. The van der Waals surface area contributed by atoms with Gasteiger partial charge in [-0.1, -0.05) is 12.1 Å². The fourth-order valence-corrected chi connectivity index (χ4v) is 2.55. The molecule has 96 valence electrons. The molecule has 4 nitrogen and oxygen atoms in total. The van der Waals surface area contributed by atoms with Gasteiger partial charge in [-0.2, -0.15) is 0 Å². The molecule has 0 saturated carbocycles. The van der Waals surface area contributed by atoms with Crippen molar-refractivity contribution in [2.24, 2.45) is 5.73 Å². The summed E-state index contributed by atoms with van der Waals surface area (Å²) in [6.45, 7) is 0.702. The molecule has 0 atom stereocenters. The van der Waals surface area contributed by atoms with E-state index in [9.17, 15) is 0 Å². The number of hydrogen-bond donors (Lipinski definition) is 1. The summed E-state index contributed by atoms with van der Waals surface area (Å²) in [5.41, 5.74) is 6.70. The van der Waals surface area contributed by atoms with E-state index in [-0.39, 0.29) is 0 Å². The first-order valence-electron chi connectivity index (χ1n) is 5.96. The summed E-state index contributed by atoms with van der Waals surface area (Å²) >= 11 is 1.67. The van der Waals surface area contributed by atoms with Gasteiger partial charge in [0, 0.05) is 12.8 Å². The lowest BCUT2D eigenvalue weighted by atomic mass is 10.1. The third kappa shape index (κ3) is 3.51. The van der Waals surface area contributed by atoms with Crippen LogP contribution in [0.3, 0.4) is 0 Å². The SMILES string of the molecule is COc1ccc(Cc2nnc(CCCN)s2)cc1. The molecule has 0 aliphatic carbocycles. The van der Waals surface area contributed by atoms with Gasteiger partial charge in [0.2, 0.25) is 0 Å². The summed E-state index contributed by atoms with van der Waals surface area (Å²) < 4.78 is 5.13. The molecule has 0 aliphatic heterocycles. The Labute approximate surface area is 111 Å². The summed E-state index contributed by atoms with van der Waals surface area (Å²) in [6, 6.07) is 8.04. The van der Waals surface area contributed by atoms with E-state index in [1.165, 1.54) is 5.56 Å².